The molecule has 0 saturated carbocycles. The summed E-state index contributed by atoms with van der Waals surface area (Å²) >= 11 is 6.09. The first kappa shape index (κ1) is 29.9. The molecule has 0 spiro atoms. The zero-order valence-electron chi connectivity index (χ0n) is 23.8. The third-order valence-electron chi connectivity index (χ3n) is 7.52. The van der Waals surface area contributed by atoms with E-state index in [2.05, 4.69) is 4.57 Å². The molecule has 4 aromatic carbocycles. The summed E-state index contributed by atoms with van der Waals surface area (Å²) in [7, 11) is 0. The molecule has 1 amide bonds. The fraction of sp³-hybridized carbons (Fsp3) is 0.206. The minimum Gasteiger partial charge on any atom is -0.384 e. The van der Waals surface area contributed by atoms with E-state index in [0.29, 0.717) is 41.2 Å². The van der Waals surface area contributed by atoms with Gasteiger partial charge in [-0.05, 0) is 60.4 Å². The maximum Gasteiger partial charge on any atom is 0.254 e. The lowest BCUT2D eigenvalue weighted by Gasteiger charge is -2.22. The number of fused-ring (bicyclic) bond motifs is 1. The number of halogens is 2. The van der Waals surface area contributed by atoms with E-state index in [9.17, 15) is 9.18 Å². The van der Waals surface area contributed by atoms with Gasteiger partial charge in [-0.15, -0.1) is 0 Å². The second kappa shape index (κ2) is 13.6. The van der Waals surface area contributed by atoms with E-state index in [1.165, 1.54) is 6.07 Å². The third-order valence-corrected chi connectivity index (χ3v) is 7.77. The average molecular weight is 597 g/mol. The molecule has 1 heterocycles. The summed E-state index contributed by atoms with van der Waals surface area (Å²) in [6.45, 7) is 1.40. The number of carbonyl (C=O) groups is 1. The molecule has 9 heteroatoms. The van der Waals surface area contributed by atoms with E-state index in [4.69, 9.17) is 33.5 Å². The Morgan fingerprint density at radius 1 is 0.907 bits per heavy atom. The van der Waals surface area contributed by atoms with Crippen molar-refractivity contribution in [3.63, 3.8) is 0 Å². The van der Waals surface area contributed by atoms with Gasteiger partial charge in [0.15, 0.2) is 0 Å². The van der Waals surface area contributed by atoms with Crippen LogP contribution < -0.4 is 11.5 Å². The Hall–Kier alpha value is -4.53. The van der Waals surface area contributed by atoms with Crippen LogP contribution in [0, 0.1) is 11.2 Å². The van der Waals surface area contributed by atoms with E-state index < -0.39 is 0 Å². The van der Waals surface area contributed by atoms with Crippen LogP contribution in [0.15, 0.2) is 91.0 Å². The highest BCUT2D eigenvalue weighted by atomic mass is 35.5. The maximum absolute atomic E-state index is 14.4. The van der Waals surface area contributed by atoms with Crippen LogP contribution in [0.25, 0.3) is 11.0 Å². The summed E-state index contributed by atoms with van der Waals surface area (Å²) in [5, 5.41) is 8.33. The standard InChI is InChI=1S/C34H34ClFN6O/c35-28-13-7-24(8-14-28)17-19-42-31-15-12-26(34(43)41(20-18-37)22-27-3-1-2-4-29(27)36)21-30(31)40-32(42)16-9-23-5-10-25(11-6-23)33(38)39/h1-8,10-15,21H,9,16-20,22,37H2,(H3,38,39). The zero-order valence-corrected chi connectivity index (χ0v) is 24.5. The van der Waals surface area contributed by atoms with Gasteiger partial charge in [-0.3, -0.25) is 10.2 Å². The summed E-state index contributed by atoms with van der Waals surface area (Å²) in [6.07, 6.45) is 2.22. The second-order valence-corrected chi connectivity index (χ2v) is 10.9. The molecule has 7 nitrogen and oxygen atoms in total. The summed E-state index contributed by atoms with van der Waals surface area (Å²) in [6, 6.07) is 27.5. The summed E-state index contributed by atoms with van der Waals surface area (Å²) in [5.74, 6) is 0.375. The van der Waals surface area contributed by atoms with E-state index in [1.54, 1.807) is 29.2 Å². The first-order valence-corrected chi connectivity index (χ1v) is 14.6. The number of nitrogen functional groups attached to an aromatic ring is 1. The smallest absolute Gasteiger partial charge is 0.254 e. The zero-order chi connectivity index (χ0) is 30.3. The van der Waals surface area contributed by atoms with Crippen LogP contribution in [-0.4, -0.2) is 39.3 Å². The molecule has 0 bridgehead atoms. The van der Waals surface area contributed by atoms with Crippen LogP contribution in [0.4, 0.5) is 4.39 Å². The summed E-state index contributed by atoms with van der Waals surface area (Å²) < 4.78 is 16.6. The molecule has 5 N–H and O–H groups in total. The molecule has 0 aliphatic heterocycles. The van der Waals surface area contributed by atoms with Crippen molar-refractivity contribution < 1.29 is 9.18 Å². The molecule has 5 rings (SSSR count). The number of carbonyl (C=O) groups excluding carboxylic acids is 1. The lowest BCUT2D eigenvalue weighted by atomic mass is 10.1. The summed E-state index contributed by atoms with van der Waals surface area (Å²) in [4.78, 5) is 20.1. The minimum atomic E-state index is -0.354. The van der Waals surface area contributed by atoms with Gasteiger partial charge in [0, 0.05) is 54.3 Å². The minimum absolute atomic E-state index is 0.0415. The maximum atomic E-state index is 14.4. The van der Waals surface area contributed by atoms with E-state index >= 15 is 0 Å². The van der Waals surface area contributed by atoms with Gasteiger partial charge in [0.2, 0.25) is 0 Å². The molecule has 0 aliphatic rings. The SMILES string of the molecule is N=C(N)c1ccc(CCc2nc3cc(C(=O)N(CCN)Cc4ccccc4F)ccc3n2CCc2ccc(Cl)cc2)cc1. The molecule has 1 aromatic heterocycles. The van der Waals surface area contributed by atoms with Crippen molar-refractivity contribution in [2.75, 3.05) is 13.1 Å². The Labute approximate surface area is 255 Å². The normalized spacial score (nSPS) is 11.1. The number of aryl methyl sites for hydroxylation is 4. The van der Waals surface area contributed by atoms with Crippen LogP contribution in [0.1, 0.15) is 38.4 Å². The fourth-order valence-electron chi connectivity index (χ4n) is 5.18. The lowest BCUT2D eigenvalue weighted by molar-refractivity contribution is 0.0747. The number of rotatable bonds is 12. The number of nitrogens with two attached hydrogens (primary N) is 2. The molecular weight excluding hydrogens is 563 g/mol. The van der Waals surface area contributed by atoms with Crippen LogP contribution in [0.2, 0.25) is 5.02 Å². The van der Waals surface area contributed by atoms with E-state index in [1.807, 2.05) is 60.7 Å². The molecule has 0 aliphatic carbocycles. The van der Waals surface area contributed by atoms with Gasteiger partial charge in [-0.1, -0.05) is 66.2 Å². The van der Waals surface area contributed by atoms with Crippen LogP contribution >= 0.6 is 11.6 Å². The van der Waals surface area contributed by atoms with Crippen molar-refractivity contribution in [1.82, 2.24) is 14.5 Å². The van der Waals surface area contributed by atoms with Gasteiger partial charge >= 0.3 is 0 Å². The molecule has 0 radical (unpaired) electrons. The molecule has 5 aromatic rings. The highest BCUT2D eigenvalue weighted by molar-refractivity contribution is 6.30. The van der Waals surface area contributed by atoms with Crippen molar-refractivity contribution in [2.45, 2.75) is 32.4 Å². The molecule has 0 fully saturated rings. The molecule has 220 valence electrons. The Balaban J connectivity index is 1.43. The molecule has 43 heavy (non-hydrogen) atoms. The van der Waals surface area contributed by atoms with Crippen molar-refractivity contribution >= 4 is 34.4 Å². The molecule has 0 unspecified atom stereocenters. The number of amidine groups is 1. The van der Waals surface area contributed by atoms with Crippen molar-refractivity contribution in [3.05, 3.63) is 135 Å². The lowest BCUT2D eigenvalue weighted by Crippen LogP contribution is -2.35. The second-order valence-electron chi connectivity index (χ2n) is 10.5. The monoisotopic (exact) mass is 596 g/mol. The van der Waals surface area contributed by atoms with Crippen LogP contribution in [-0.2, 0) is 32.4 Å². The topological polar surface area (TPSA) is 114 Å². The predicted octanol–water partition coefficient (Wildman–Crippen LogP) is 5.74. The van der Waals surface area contributed by atoms with Gasteiger partial charge in [0.1, 0.15) is 17.5 Å². The highest BCUT2D eigenvalue weighted by Crippen LogP contribution is 2.23. The average Bonchev–Trinajstić information content (AvgIpc) is 3.37. The third kappa shape index (κ3) is 7.28. The van der Waals surface area contributed by atoms with Gasteiger partial charge in [0.25, 0.3) is 5.91 Å². The number of nitrogens with zero attached hydrogens (tertiary/aromatic N) is 3. The van der Waals surface area contributed by atoms with Crippen LogP contribution in [0.3, 0.4) is 0 Å². The molecule has 0 atom stereocenters. The number of aromatic nitrogens is 2. The predicted molar refractivity (Wildman–Crippen MR) is 170 cm³/mol. The largest absolute Gasteiger partial charge is 0.384 e. The fourth-order valence-corrected chi connectivity index (χ4v) is 5.30. The Kier molecular flexibility index (Phi) is 9.49. The molecule has 0 saturated heterocycles. The number of nitrogens with one attached hydrogen (secondary N) is 1. The van der Waals surface area contributed by atoms with Crippen molar-refractivity contribution in [3.8, 4) is 0 Å². The number of imidazole rings is 1. The molecular formula is C34H34ClFN6O. The van der Waals surface area contributed by atoms with E-state index in [-0.39, 0.29) is 30.6 Å². The van der Waals surface area contributed by atoms with Crippen LogP contribution in [0.5, 0.6) is 0 Å². The van der Waals surface area contributed by atoms with E-state index in [0.717, 1.165) is 40.8 Å². The highest BCUT2D eigenvalue weighted by Gasteiger charge is 2.19. The number of benzene rings is 4. The van der Waals surface area contributed by atoms with Crippen molar-refractivity contribution in [2.24, 2.45) is 11.5 Å². The Morgan fingerprint density at radius 3 is 2.28 bits per heavy atom. The number of hydrogen-bond acceptors (Lipinski definition) is 4. The Morgan fingerprint density at radius 2 is 1.58 bits per heavy atom. The number of hydrogen-bond donors (Lipinski definition) is 3. The Bertz CT molecular complexity index is 1730. The first-order chi connectivity index (χ1) is 20.8. The number of amides is 1. The van der Waals surface area contributed by atoms with Gasteiger partial charge < -0.3 is 20.9 Å². The quantitative estimate of drug-likeness (QED) is 0.126. The first-order valence-electron chi connectivity index (χ1n) is 14.2. The summed E-state index contributed by atoms with van der Waals surface area (Å²) in [5.41, 5.74) is 17.0. The van der Waals surface area contributed by atoms with Gasteiger partial charge in [0.05, 0.1) is 11.0 Å². The van der Waals surface area contributed by atoms with Gasteiger partial charge in [-0.25, -0.2) is 9.37 Å². The van der Waals surface area contributed by atoms with Gasteiger partial charge in [-0.2, -0.15) is 0 Å². The van der Waals surface area contributed by atoms with Crippen molar-refractivity contribution in [1.29, 1.82) is 5.41 Å².